The van der Waals surface area contributed by atoms with Gasteiger partial charge in [-0.2, -0.15) is 0 Å². The van der Waals surface area contributed by atoms with Crippen molar-refractivity contribution in [2.75, 3.05) is 12.4 Å². The summed E-state index contributed by atoms with van der Waals surface area (Å²) in [6.07, 6.45) is 0. The number of methoxy groups -OCH3 is 1. The van der Waals surface area contributed by atoms with Crippen LogP contribution in [-0.2, 0) is 0 Å². The zero-order chi connectivity index (χ0) is 16.3. The lowest BCUT2D eigenvalue weighted by atomic mass is 10.1. The lowest BCUT2D eigenvalue weighted by Gasteiger charge is -2.11. The minimum absolute atomic E-state index is 0.124. The summed E-state index contributed by atoms with van der Waals surface area (Å²) in [4.78, 5) is 22.5. The van der Waals surface area contributed by atoms with E-state index >= 15 is 0 Å². The van der Waals surface area contributed by atoms with Crippen LogP contribution >= 0.6 is 0 Å². The predicted molar refractivity (Wildman–Crippen MR) is 78.7 cm³/mol. The van der Waals surface area contributed by atoms with E-state index in [9.17, 15) is 19.3 Å². The second kappa shape index (κ2) is 6.21. The molecule has 0 aromatic heterocycles. The quantitative estimate of drug-likeness (QED) is 0.694. The minimum atomic E-state index is -0.662. The number of halogens is 1. The smallest absolute Gasteiger partial charge is 0.276 e. The van der Waals surface area contributed by atoms with Crippen molar-refractivity contribution in [3.05, 3.63) is 63.5 Å². The van der Waals surface area contributed by atoms with Crippen molar-refractivity contribution in [1.82, 2.24) is 0 Å². The van der Waals surface area contributed by atoms with Crippen molar-refractivity contribution in [3.63, 3.8) is 0 Å². The Bertz CT molecular complexity index is 746. The first kappa shape index (κ1) is 15.4. The number of nitrogens with zero attached hydrogens (tertiary/aromatic N) is 1. The fraction of sp³-hybridized carbons (Fsp3) is 0.133. The molecule has 1 amide bonds. The SMILES string of the molecule is COc1cc([N+](=O)[O-])c(C)cc1NC(=O)c1ccccc1F. The molecule has 0 spiro atoms. The highest BCUT2D eigenvalue weighted by Crippen LogP contribution is 2.32. The van der Waals surface area contributed by atoms with Crippen LogP contribution in [0.25, 0.3) is 0 Å². The molecule has 6 nitrogen and oxygen atoms in total. The first-order chi connectivity index (χ1) is 10.4. The molecule has 114 valence electrons. The summed E-state index contributed by atoms with van der Waals surface area (Å²) in [6.45, 7) is 1.54. The third-order valence-electron chi connectivity index (χ3n) is 3.08. The molecule has 0 aliphatic rings. The summed E-state index contributed by atoms with van der Waals surface area (Å²) in [5.41, 5.74) is 0.342. The molecule has 0 unspecified atom stereocenters. The summed E-state index contributed by atoms with van der Waals surface area (Å²) >= 11 is 0. The number of hydrogen-bond acceptors (Lipinski definition) is 4. The van der Waals surface area contributed by atoms with Gasteiger partial charge in [-0.25, -0.2) is 4.39 Å². The number of amides is 1. The van der Waals surface area contributed by atoms with Gasteiger partial charge < -0.3 is 10.1 Å². The van der Waals surface area contributed by atoms with E-state index in [0.29, 0.717) is 5.56 Å². The number of nitro benzene ring substituents is 1. The number of carbonyl (C=O) groups excluding carboxylic acids is 1. The van der Waals surface area contributed by atoms with E-state index in [0.717, 1.165) is 0 Å². The maximum atomic E-state index is 13.6. The van der Waals surface area contributed by atoms with Crippen LogP contribution in [0.3, 0.4) is 0 Å². The molecule has 2 aromatic rings. The molecule has 1 N–H and O–H groups in total. The molecular weight excluding hydrogens is 291 g/mol. The molecule has 0 aliphatic carbocycles. The van der Waals surface area contributed by atoms with Crippen LogP contribution in [0.1, 0.15) is 15.9 Å². The zero-order valence-electron chi connectivity index (χ0n) is 11.9. The molecule has 0 aliphatic heterocycles. The van der Waals surface area contributed by atoms with Crippen molar-refractivity contribution >= 4 is 17.3 Å². The van der Waals surface area contributed by atoms with Crippen molar-refractivity contribution in [2.24, 2.45) is 0 Å². The highest BCUT2D eigenvalue weighted by atomic mass is 19.1. The fourth-order valence-corrected chi connectivity index (χ4v) is 1.98. The van der Waals surface area contributed by atoms with Gasteiger partial charge in [0.05, 0.1) is 29.4 Å². The molecule has 0 saturated heterocycles. The predicted octanol–water partition coefficient (Wildman–Crippen LogP) is 3.30. The van der Waals surface area contributed by atoms with Gasteiger partial charge in [0.2, 0.25) is 0 Å². The summed E-state index contributed by atoms with van der Waals surface area (Å²) < 4.78 is 18.6. The Morgan fingerprint density at radius 2 is 2.00 bits per heavy atom. The van der Waals surface area contributed by atoms with E-state index in [2.05, 4.69) is 5.32 Å². The van der Waals surface area contributed by atoms with Gasteiger partial charge in [-0.15, -0.1) is 0 Å². The summed E-state index contributed by atoms with van der Waals surface area (Å²) in [5.74, 6) is -1.19. The second-order valence-corrected chi connectivity index (χ2v) is 4.53. The van der Waals surface area contributed by atoms with Gasteiger partial charge in [0, 0.05) is 5.56 Å². The number of carbonyl (C=O) groups is 1. The normalized spacial score (nSPS) is 10.1. The number of hydrogen-bond donors (Lipinski definition) is 1. The first-order valence-corrected chi connectivity index (χ1v) is 6.33. The number of ether oxygens (including phenoxy) is 1. The Morgan fingerprint density at radius 3 is 2.59 bits per heavy atom. The molecule has 0 radical (unpaired) electrons. The van der Waals surface area contributed by atoms with Crippen LogP contribution in [0.4, 0.5) is 15.8 Å². The molecule has 0 heterocycles. The van der Waals surface area contributed by atoms with Crippen LogP contribution in [-0.4, -0.2) is 17.9 Å². The average molecular weight is 304 g/mol. The molecule has 2 aromatic carbocycles. The molecular formula is C15H13FN2O4. The van der Waals surface area contributed by atoms with Crippen LogP contribution in [0.2, 0.25) is 0 Å². The Morgan fingerprint density at radius 1 is 1.32 bits per heavy atom. The van der Waals surface area contributed by atoms with E-state index in [1.165, 1.54) is 50.4 Å². The molecule has 0 fully saturated rings. The second-order valence-electron chi connectivity index (χ2n) is 4.53. The molecule has 2 rings (SSSR count). The van der Waals surface area contributed by atoms with Gasteiger partial charge in [-0.1, -0.05) is 12.1 Å². The largest absolute Gasteiger partial charge is 0.494 e. The number of rotatable bonds is 4. The van der Waals surface area contributed by atoms with Crippen LogP contribution < -0.4 is 10.1 Å². The van der Waals surface area contributed by atoms with Crippen LogP contribution in [0.15, 0.2) is 36.4 Å². The van der Waals surface area contributed by atoms with E-state index in [4.69, 9.17) is 4.74 Å². The van der Waals surface area contributed by atoms with E-state index in [-0.39, 0.29) is 22.7 Å². The number of benzene rings is 2. The third kappa shape index (κ3) is 3.03. The molecule has 0 atom stereocenters. The maximum Gasteiger partial charge on any atom is 0.276 e. The van der Waals surface area contributed by atoms with Gasteiger partial charge in [-0.3, -0.25) is 14.9 Å². The highest BCUT2D eigenvalue weighted by Gasteiger charge is 2.18. The van der Waals surface area contributed by atoms with Crippen LogP contribution in [0, 0.1) is 22.9 Å². The minimum Gasteiger partial charge on any atom is -0.494 e. The number of anilines is 1. The van der Waals surface area contributed by atoms with Crippen molar-refractivity contribution < 1.29 is 18.8 Å². The first-order valence-electron chi connectivity index (χ1n) is 6.33. The Hall–Kier alpha value is -2.96. The summed E-state index contributed by atoms with van der Waals surface area (Å²) in [5, 5.41) is 13.4. The Kier molecular flexibility index (Phi) is 4.36. The zero-order valence-corrected chi connectivity index (χ0v) is 11.9. The summed E-state index contributed by atoms with van der Waals surface area (Å²) in [6, 6.07) is 8.16. The standard InChI is InChI=1S/C15H13FN2O4/c1-9-7-12(14(22-2)8-13(9)18(20)21)17-15(19)10-5-3-4-6-11(10)16/h3-8H,1-2H3,(H,17,19). The van der Waals surface area contributed by atoms with Crippen molar-refractivity contribution in [2.45, 2.75) is 6.92 Å². The van der Waals surface area contributed by atoms with Gasteiger partial charge in [-0.05, 0) is 25.1 Å². The van der Waals surface area contributed by atoms with Gasteiger partial charge in [0.15, 0.2) is 0 Å². The Labute approximate surface area is 125 Å². The lowest BCUT2D eigenvalue weighted by Crippen LogP contribution is -2.14. The molecule has 7 heteroatoms. The van der Waals surface area contributed by atoms with Crippen LogP contribution in [0.5, 0.6) is 5.75 Å². The van der Waals surface area contributed by atoms with Gasteiger partial charge >= 0.3 is 0 Å². The third-order valence-corrected chi connectivity index (χ3v) is 3.08. The van der Waals surface area contributed by atoms with Crippen molar-refractivity contribution in [1.29, 1.82) is 0 Å². The molecule has 0 saturated carbocycles. The van der Waals surface area contributed by atoms with Gasteiger partial charge in [0.25, 0.3) is 11.6 Å². The van der Waals surface area contributed by atoms with Gasteiger partial charge in [0.1, 0.15) is 11.6 Å². The van der Waals surface area contributed by atoms with E-state index < -0.39 is 16.6 Å². The fourth-order valence-electron chi connectivity index (χ4n) is 1.98. The monoisotopic (exact) mass is 304 g/mol. The Balaban J connectivity index is 2.37. The lowest BCUT2D eigenvalue weighted by molar-refractivity contribution is -0.385. The highest BCUT2D eigenvalue weighted by molar-refractivity contribution is 6.05. The number of nitrogens with one attached hydrogen (secondary N) is 1. The topological polar surface area (TPSA) is 81.5 Å². The maximum absolute atomic E-state index is 13.6. The summed E-state index contributed by atoms with van der Waals surface area (Å²) in [7, 11) is 1.33. The van der Waals surface area contributed by atoms with E-state index in [1.807, 2.05) is 0 Å². The average Bonchev–Trinajstić information content (AvgIpc) is 2.47. The molecule has 0 bridgehead atoms. The number of aryl methyl sites for hydroxylation is 1. The molecule has 22 heavy (non-hydrogen) atoms. The van der Waals surface area contributed by atoms with Crippen molar-refractivity contribution in [3.8, 4) is 5.75 Å². The number of nitro groups is 1. The van der Waals surface area contributed by atoms with E-state index in [1.54, 1.807) is 0 Å².